The van der Waals surface area contributed by atoms with E-state index in [-0.39, 0.29) is 12.2 Å². The largest absolute Gasteiger partial charge is 0.425 e. The van der Waals surface area contributed by atoms with Gasteiger partial charge in [0.05, 0.1) is 16.7 Å². The number of anilines is 1. The predicted molar refractivity (Wildman–Crippen MR) is 145 cm³/mol. The van der Waals surface area contributed by atoms with Crippen molar-refractivity contribution in [2.75, 3.05) is 18.1 Å². The highest BCUT2D eigenvalue weighted by Crippen LogP contribution is 2.33. The van der Waals surface area contributed by atoms with Crippen molar-refractivity contribution in [1.82, 2.24) is 19.8 Å². The Morgan fingerprint density at radius 3 is 2.61 bits per heavy atom. The zero-order valence-corrected chi connectivity index (χ0v) is 22.3. The number of carbonyl (C=O) groups excluding carboxylic acids is 1. The normalized spacial score (nSPS) is 17.4. The highest BCUT2D eigenvalue weighted by atomic mass is 28.3. The summed E-state index contributed by atoms with van der Waals surface area (Å²) in [6, 6.07) is 17.0. The zero-order chi connectivity index (χ0) is 25.3. The maximum absolute atomic E-state index is 13.1. The molecule has 5 rings (SSSR count). The van der Waals surface area contributed by atoms with Crippen molar-refractivity contribution in [1.29, 1.82) is 0 Å². The molecule has 1 atom stereocenters. The third-order valence-corrected chi connectivity index (χ3v) is 8.09. The average Bonchev–Trinajstić information content (AvgIpc) is 3.35. The molecule has 2 aliphatic rings. The number of amides is 2. The molecule has 0 bridgehead atoms. The van der Waals surface area contributed by atoms with Crippen molar-refractivity contribution in [3.05, 3.63) is 72.6 Å². The van der Waals surface area contributed by atoms with E-state index in [0.717, 1.165) is 35.1 Å². The van der Waals surface area contributed by atoms with Crippen LogP contribution in [-0.2, 0) is 11.5 Å². The number of para-hydroxylation sites is 2. The summed E-state index contributed by atoms with van der Waals surface area (Å²) >= 11 is 0. The summed E-state index contributed by atoms with van der Waals surface area (Å²) in [6.07, 6.45) is 5.55. The molecule has 0 aliphatic carbocycles. The number of imidazole rings is 1. The van der Waals surface area contributed by atoms with Gasteiger partial charge in [0, 0.05) is 26.9 Å². The van der Waals surface area contributed by atoms with Crippen molar-refractivity contribution >= 4 is 30.8 Å². The molecule has 2 aromatic carbocycles. The van der Waals surface area contributed by atoms with Gasteiger partial charge in [-0.1, -0.05) is 31.8 Å². The highest BCUT2D eigenvalue weighted by Gasteiger charge is 2.42. The smallest absolute Gasteiger partial charge is 0.330 e. The number of allylic oxidation sites excluding steroid dienone is 2. The molecule has 2 amide bonds. The van der Waals surface area contributed by atoms with Crippen LogP contribution in [0.25, 0.3) is 11.0 Å². The SMILES string of the molecule is CCN1C(=O)N(c2ccc(Oc3nc4ccccc4n3COCC[Si](C)(C)C)cc2)C2NC=CC=C21. The van der Waals surface area contributed by atoms with Gasteiger partial charge in [-0.15, -0.1) is 0 Å². The third-order valence-electron chi connectivity index (χ3n) is 6.38. The van der Waals surface area contributed by atoms with E-state index >= 15 is 0 Å². The third kappa shape index (κ3) is 4.76. The van der Waals surface area contributed by atoms with Crippen LogP contribution in [0.4, 0.5) is 10.5 Å². The summed E-state index contributed by atoms with van der Waals surface area (Å²) in [5.74, 6) is 0.642. The molecule has 2 aliphatic heterocycles. The summed E-state index contributed by atoms with van der Waals surface area (Å²) in [6.45, 7) is 10.7. The van der Waals surface area contributed by atoms with Crippen LogP contribution in [0.15, 0.2) is 72.6 Å². The lowest BCUT2D eigenvalue weighted by Gasteiger charge is -2.25. The number of aromatic nitrogens is 2. The topological polar surface area (TPSA) is 71.9 Å². The Balaban J connectivity index is 1.35. The van der Waals surface area contributed by atoms with E-state index in [1.165, 1.54) is 0 Å². The number of nitrogens with one attached hydrogen (secondary N) is 1. The van der Waals surface area contributed by atoms with Crippen molar-refractivity contribution in [2.24, 2.45) is 0 Å². The molecule has 1 aromatic heterocycles. The molecule has 36 heavy (non-hydrogen) atoms. The summed E-state index contributed by atoms with van der Waals surface area (Å²) in [5, 5.41) is 3.29. The number of hydrogen-bond acceptors (Lipinski definition) is 5. The number of nitrogens with zero attached hydrogens (tertiary/aromatic N) is 4. The van der Waals surface area contributed by atoms with Crippen LogP contribution in [0.3, 0.4) is 0 Å². The molecule has 8 nitrogen and oxygen atoms in total. The summed E-state index contributed by atoms with van der Waals surface area (Å²) in [4.78, 5) is 21.3. The van der Waals surface area contributed by atoms with Gasteiger partial charge in [-0.2, -0.15) is 4.98 Å². The Morgan fingerprint density at radius 1 is 1.08 bits per heavy atom. The van der Waals surface area contributed by atoms with Gasteiger partial charge >= 0.3 is 12.0 Å². The molecule has 1 N–H and O–H groups in total. The highest BCUT2D eigenvalue weighted by molar-refractivity contribution is 6.76. The minimum atomic E-state index is -1.17. The number of fused-ring (bicyclic) bond motifs is 2. The first-order valence-electron chi connectivity index (χ1n) is 12.4. The second-order valence-electron chi connectivity index (χ2n) is 10.2. The molecule has 0 saturated carbocycles. The lowest BCUT2D eigenvalue weighted by Crippen LogP contribution is -2.42. The van der Waals surface area contributed by atoms with E-state index in [0.29, 0.717) is 25.0 Å². The van der Waals surface area contributed by atoms with Crippen molar-refractivity contribution in [3.8, 4) is 11.8 Å². The molecule has 0 radical (unpaired) electrons. The van der Waals surface area contributed by atoms with Gasteiger partial charge in [0.2, 0.25) is 0 Å². The summed E-state index contributed by atoms with van der Waals surface area (Å²) in [7, 11) is -1.17. The van der Waals surface area contributed by atoms with E-state index in [1.807, 2.05) is 78.4 Å². The first kappa shape index (κ1) is 24.1. The fraction of sp³-hybridized carbons (Fsp3) is 0.333. The van der Waals surface area contributed by atoms with Gasteiger partial charge in [0.25, 0.3) is 0 Å². The fourth-order valence-corrected chi connectivity index (χ4v) is 5.17. The monoisotopic (exact) mass is 503 g/mol. The number of hydrogen-bond donors (Lipinski definition) is 1. The van der Waals surface area contributed by atoms with Gasteiger partial charge in [-0.05, 0) is 67.7 Å². The lowest BCUT2D eigenvalue weighted by atomic mass is 10.2. The van der Waals surface area contributed by atoms with Gasteiger partial charge < -0.3 is 14.8 Å². The molecule has 188 valence electrons. The van der Waals surface area contributed by atoms with E-state index in [2.05, 4.69) is 25.0 Å². The lowest BCUT2D eigenvalue weighted by molar-refractivity contribution is 0.0850. The van der Waals surface area contributed by atoms with Gasteiger partial charge in [-0.3, -0.25) is 14.4 Å². The van der Waals surface area contributed by atoms with E-state index in [4.69, 9.17) is 14.5 Å². The van der Waals surface area contributed by atoms with Gasteiger partial charge in [-0.25, -0.2) is 4.79 Å². The van der Waals surface area contributed by atoms with Crippen LogP contribution in [0, 0.1) is 0 Å². The minimum Gasteiger partial charge on any atom is -0.425 e. The van der Waals surface area contributed by atoms with Crippen molar-refractivity contribution in [2.45, 2.75) is 45.5 Å². The number of likely N-dealkylation sites (N-methyl/N-ethyl adjacent to an activating group) is 1. The Bertz CT molecular complexity index is 1310. The fourth-order valence-electron chi connectivity index (χ4n) is 4.41. The first-order valence-corrected chi connectivity index (χ1v) is 16.1. The molecule has 3 aromatic rings. The van der Waals surface area contributed by atoms with Crippen LogP contribution in [0.5, 0.6) is 11.8 Å². The maximum Gasteiger partial charge on any atom is 0.330 e. The second-order valence-corrected chi connectivity index (χ2v) is 15.8. The molecule has 1 unspecified atom stereocenters. The van der Waals surface area contributed by atoms with Crippen LogP contribution >= 0.6 is 0 Å². The molecular weight excluding hydrogens is 470 g/mol. The summed E-state index contributed by atoms with van der Waals surface area (Å²) in [5.41, 5.74) is 3.57. The number of ether oxygens (including phenoxy) is 2. The molecular formula is C27H33N5O3Si. The molecule has 9 heteroatoms. The number of dihydropyridines is 1. The van der Waals surface area contributed by atoms with Gasteiger partial charge in [0.15, 0.2) is 0 Å². The quantitative estimate of drug-likeness (QED) is 0.298. The maximum atomic E-state index is 13.1. The molecule has 1 fully saturated rings. The second kappa shape index (κ2) is 9.83. The Kier molecular flexibility index (Phi) is 6.59. The van der Waals surface area contributed by atoms with E-state index in [1.54, 1.807) is 9.80 Å². The van der Waals surface area contributed by atoms with Gasteiger partial charge in [0.1, 0.15) is 18.6 Å². The Hall–Kier alpha value is -3.56. The standard InChI is InChI=1S/C27H33N5O3Si/c1-5-30-24-11-8-16-28-25(24)32(27(30)33)20-12-14-21(15-13-20)35-26-29-22-9-6-7-10-23(22)31(26)19-34-17-18-36(2,3)4/h6-16,25,28H,5,17-19H2,1-4H3. The van der Waals surface area contributed by atoms with E-state index in [9.17, 15) is 4.79 Å². The molecule has 3 heterocycles. The van der Waals surface area contributed by atoms with Crippen molar-refractivity contribution < 1.29 is 14.3 Å². The number of urea groups is 1. The summed E-state index contributed by atoms with van der Waals surface area (Å²) < 4.78 is 14.2. The molecule has 0 spiro atoms. The average molecular weight is 504 g/mol. The number of rotatable bonds is 9. The first-order chi connectivity index (χ1) is 17.4. The number of benzene rings is 2. The van der Waals surface area contributed by atoms with Crippen LogP contribution in [0.1, 0.15) is 6.92 Å². The Morgan fingerprint density at radius 2 is 1.86 bits per heavy atom. The Labute approximate surface area is 212 Å². The predicted octanol–water partition coefficient (Wildman–Crippen LogP) is 5.73. The van der Waals surface area contributed by atoms with Crippen LogP contribution in [0.2, 0.25) is 25.7 Å². The van der Waals surface area contributed by atoms with E-state index < -0.39 is 8.07 Å². The number of carbonyl (C=O) groups is 1. The van der Waals surface area contributed by atoms with Crippen LogP contribution in [-0.4, -0.2) is 47.9 Å². The van der Waals surface area contributed by atoms with Crippen molar-refractivity contribution in [3.63, 3.8) is 0 Å². The van der Waals surface area contributed by atoms with Crippen LogP contribution < -0.4 is 15.0 Å². The minimum absolute atomic E-state index is 0.0455. The zero-order valence-electron chi connectivity index (χ0n) is 21.3. The molecule has 1 saturated heterocycles.